The van der Waals surface area contributed by atoms with Gasteiger partial charge in [0.15, 0.2) is 0 Å². The summed E-state index contributed by atoms with van der Waals surface area (Å²) in [5.74, 6) is 0.259. The molecule has 98 valence electrons. The third-order valence-corrected chi connectivity index (χ3v) is 4.05. The van der Waals surface area contributed by atoms with E-state index < -0.39 is 0 Å². The zero-order chi connectivity index (χ0) is 14.1. The molecule has 0 unspecified atom stereocenters. The van der Waals surface area contributed by atoms with E-state index in [1.54, 1.807) is 0 Å². The summed E-state index contributed by atoms with van der Waals surface area (Å²) in [7, 11) is 1.87. The summed E-state index contributed by atoms with van der Waals surface area (Å²) < 4.78 is 0.963. The lowest BCUT2D eigenvalue weighted by atomic mass is 9.93. The van der Waals surface area contributed by atoms with Gasteiger partial charge in [-0.15, -0.1) is 0 Å². The Morgan fingerprint density at radius 2 is 1.85 bits per heavy atom. The quantitative estimate of drug-likeness (QED) is 0.735. The van der Waals surface area contributed by atoms with Crippen LogP contribution in [-0.4, -0.2) is 17.9 Å². The molecule has 1 heterocycles. The number of rotatable bonds is 2. The number of benzene rings is 2. The minimum atomic E-state index is 0.259. The van der Waals surface area contributed by atoms with Crippen LogP contribution in [0.4, 0.5) is 0 Å². The van der Waals surface area contributed by atoms with Gasteiger partial charge in [0.2, 0.25) is 0 Å². The number of hydrogen-bond donors (Lipinski definition) is 1. The van der Waals surface area contributed by atoms with Crippen molar-refractivity contribution in [2.45, 2.75) is 6.42 Å². The molecule has 0 atom stereocenters. The van der Waals surface area contributed by atoms with Crippen molar-refractivity contribution < 1.29 is 5.11 Å². The van der Waals surface area contributed by atoms with Crippen LogP contribution in [0, 0.1) is 0 Å². The van der Waals surface area contributed by atoms with Crippen LogP contribution in [-0.2, 0) is 6.42 Å². The van der Waals surface area contributed by atoms with Gasteiger partial charge in [-0.25, -0.2) is 0 Å². The van der Waals surface area contributed by atoms with Crippen LogP contribution in [0.2, 0.25) is 0 Å². The molecule has 0 radical (unpaired) electrons. The largest absolute Gasteiger partial charge is 0.506 e. The fourth-order valence-electron chi connectivity index (χ4n) is 2.33. The fraction of sp³-hybridized carbons (Fsp3) is 0.0625. The highest BCUT2D eigenvalue weighted by Gasteiger charge is 2.09. The van der Waals surface area contributed by atoms with Crippen molar-refractivity contribution >= 4 is 40.1 Å². The number of halogens is 1. The van der Waals surface area contributed by atoms with Crippen LogP contribution in [0.15, 0.2) is 53.1 Å². The van der Waals surface area contributed by atoms with E-state index in [4.69, 9.17) is 0 Å². The third-order valence-electron chi connectivity index (χ3n) is 3.39. The lowest BCUT2D eigenvalue weighted by Crippen LogP contribution is -2.04. The number of nitrogens with zero attached hydrogens (tertiary/aromatic N) is 1. The molecule has 1 aromatic heterocycles. The van der Waals surface area contributed by atoms with Gasteiger partial charge in [-0.3, -0.25) is 4.98 Å². The topological polar surface area (TPSA) is 33.1 Å². The van der Waals surface area contributed by atoms with Crippen molar-refractivity contribution in [2.75, 3.05) is 0 Å². The minimum absolute atomic E-state index is 0.259. The van der Waals surface area contributed by atoms with Crippen molar-refractivity contribution in [1.82, 2.24) is 4.98 Å². The van der Waals surface area contributed by atoms with Crippen LogP contribution >= 0.6 is 15.9 Å². The molecule has 0 aliphatic rings. The molecule has 2 nitrogen and oxygen atoms in total. The summed E-state index contributed by atoms with van der Waals surface area (Å²) >= 11 is 3.55. The predicted octanol–water partition coefficient (Wildman–Crippen LogP) is 2.55. The highest BCUT2D eigenvalue weighted by atomic mass is 79.9. The van der Waals surface area contributed by atoms with Gasteiger partial charge >= 0.3 is 0 Å². The van der Waals surface area contributed by atoms with Gasteiger partial charge < -0.3 is 5.11 Å². The number of fused-ring (bicyclic) bond motifs is 1. The predicted molar refractivity (Wildman–Crippen MR) is 88.5 cm³/mol. The van der Waals surface area contributed by atoms with E-state index in [0.29, 0.717) is 5.52 Å². The standard InChI is InChI=1S/C16H13BBrNO/c17-13-8-14(18)12-7-11(9-19-15(12)16(13)20)6-10-4-2-1-3-5-10/h1-5,7-9,20H,6,17H2. The molecule has 0 amide bonds. The maximum absolute atomic E-state index is 10.1. The molecule has 3 rings (SSSR count). The molecule has 0 bridgehead atoms. The first kappa shape index (κ1) is 13.2. The first-order valence-electron chi connectivity index (χ1n) is 6.46. The first-order chi connectivity index (χ1) is 9.65. The highest BCUT2D eigenvalue weighted by Crippen LogP contribution is 2.28. The number of aromatic hydroxyl groups is 1. The molecule has 0 aliphatic carbocycles. The Labute approximate surface area is 127 Å². The average molecular weight is 326 g/mol. The Balaban J connectivity index is 2.07. The number of phenols is 1. The molecule has 0 saturated carbocycles. The molecular weight excluding hydrogens is 313 g/mol. The van der Waals surface area contributed by atoms with E-state index in [0.717, 1.165) is 27.3 Å². The Kier molecular flexibility index (Phi) is 3.49. The second-order valence-electron chi connectivity index (χ2n) is 4.93. The number of aromatic nitrogens is 1. The molecular formula is C16H13BBrNO. The summed E-state index contributed by atoms with van der Waals surface area (Å²) in [6.45, 7) is 0. The monoisotopic (exact) mass is 325 g/mol. The Bertz CT molecular complexity index is 774. The van der Waals surface area contributed by atoms with Crippen molar-refractivity contribution in [3.05, 3.63) is 64.3 Å². The number of pyridine rings is 1. The second-order valence-corrected chi connectivity index (χ2v) is 5.78. The lowest BCUT2D eigenvalue weighted by Gasteiger charge is -2.08. The molecule has 1 N–H and O–H groups in total. The number of phenolic OH excluding ortho intramolecular Hbond substituents is 1. The van der Waals surface area contributed by atoms with Crippen LogP contribution in [0.5, 0.6) is 5.75 Å². The molecule has 0 fully saturated rings. The molecule has 4 heteroatoms. The van der Waals surface area contributed by atoms with Gasteiger partial charge in [0.05, 0.1) is 0 Å². The molecule has 20 heavy (non-hydrogen) atoms. The summed E-state index contributed by atoms with van der Waals surface area (Å²) in [4.78, 5) is 4.42. The van der Waals surface area contributed by atoms with E-state index >= 15 is 0 Å². The van der Waals surface area contributed by atoms with Crippen molar-refractivity contribution in [3.63, 3.8) is 0 Å². The smallest absolute Gasteiger partial charge is 0.144 e. The second kappa shape index (κ2) is 5.29. The SMILES string of the molecule is Bc1cc(Br)c2cc(Cc3ccccc3)cnc2c1O. The van der Waals surface area contributed by atoms with E-state index in [2.05, 4.69) is 39.1 Å². The molecule has 0 aliphatic heterocycles. The average Bonchev–Trinajstić information content (AvgIpc) is 2.46. The summed E-state index contributed by atoms with van der Waals surface area (Å²) in [5.41, 5.74) is 3.86. The Morgan fingerprint density at radius 3 is 2.60 bits per heavy atom. The molecule has 0 saturated heterocycles. The summed E-state index contributed by atoms with van der Waals surface area (Å²) in [6, 6.07) is 14.3. The summed E-state index contributed by atoms with van der Waals surface area (Å²) in [6.07, 6.45) is 2.67. The van der Waals surface area contributed by atoms with Crippen LogP contribution < -0.4 is 5.46 Å². The van der Waals surface area contributed by atoms with Crippen molar-refractivity contribution in [1.29, 1.82) is 0 Å². The van der Waals surface area contributed by atoms with E-state index in [1.807, 2.05) is 38.3 Å². The van der Waals surface area contributed by atoms with E-state index in [1.165, 1.54) is 5.56 Å². The molecule has 0 spiro atoms. The molecule has 3 aromatic rings. The van der Waals surface area contributed by atoms with Crippen LogP contribution in [0.3, 0.4) is 0 Å². The van der Waals surface area contributed by atoms with Crippen molar-refractivity contribution in [3.8, 4) is 5.75 Å². The van der Waals surface area contributed by atoms with Gasteiger partial charge in [0, 0.05) is 16.1 Å². The zero-order valence-electron chi connectivity index (χ0n) is 11.1. The van der Waals surface area contributed by atoms with Gasteiger partial charge in [-0.1, -0.05) is 46.3 Å². The third kappa shape index (κ3) is 2.43. The minimum Gasteiger partial charge on any atom is -0.506 e. The maximum atomic E-state index is 10.1. The van der Waals surface area contributed by atoms with E-state index in [9.17, 15) is 5.11 Å². The van der Waals surface area contributed by atoms with Gasteiger partial charge in [0.1, 0.15) is 19.1 Å². The van der Waals surface area contributed by atoms with Gasteiger partial charge in [-0.2, -0.15) is 0 Å². The first-order valence-corrected chi connectivity index (χ1v) is 7.25. The van der Waals surface area contributed by atoms with Crippen LogP contribution in [0.25, 0.3) is 10.9 Å². The van der Waals surface area contributed by atoms with Gasteiger partial charge in [0.25, 0.3) is 0 Å². The zero-order valence-corrected chi connectivity index (χ0v) is 12.7. The van der Waals surface area contributed by atoms with E-state index in [-0.39, 0.29) is 5.75 Å². The molecule has 2 aromatic carbocycles. The Hall–Kier alpha value is -1.81. The highest BCUT2D eigenvalue weighted by molar-refractivity contribution is 9.10. The Morgan fingerprint density at radius 1 is 1.10 bits per heavy atom. The fourth-order valence-corrected chi connectivity index (χ4v) is 2.98. The normalized spacial score (nSPS) is 10.8. The van der Waals surface area contributed by atoms with Gasteiger partial charge in [-0.05, 0) is 35.1 Å². The summed E-state index contributed by atoms with van der Waals surface area (Å²) in [5, 5.41) is 11.0. The lowest BCUT2D eigenvalue weighted by molar-refractivity contribution is 0.484. The maximum Gasteiger partial charge on any atom is 0.144 e. The number of hydrogen-bond acceptors (Lipinski definition) is 2. The van der Waals surface area contributed by atoms with Crippen LogP contribution in [0.1, 0.15) is 11.1 Å². The van der Waals surface area contributed by atoms with Crippen molar-refractivity contribution in [2.24, 2.45) is 0 Å².